The van der Waals surface area contributed by atoms with Gasteiger partial charge in [-0.3, -0.25) is 14.9 Å². The predicted molar refractivity (Wildman–Crippen MR) is 105 cm³/mol. The molecule has 1 unspecified atom stereocenters. The smallest absolute Gasteiger partial charge is 0.119 e. The van der Waals surface area contributed by atoms with Crippen LogP contribution in [0.4, 0.5) is 0 Å². The minimum absolute atomic E-state index is 0.356. The van der Waals surface area contributed by atoms with Crippen molar-refractivity contribution in [2.75, 3.05) is 19.6 Å². The highest BCUT2D eigenvalue weighted by atomic mass is 16.5. The Morgan fingerprint density at radius 3 is 2.52 bits per heavy atom. The second-order valence-electron chi connectivity index (χ2n) is 6.77. The van der Waals surface area contributed by atoms with Crippen LogP contribution in [0, 0.1) is 0 Å². The highest BCUT2D eigenvalue weighted by Crippen LogP contribution is 2.24. The van der Waals surface area contributed by atoms with Crippen molar-refractivity contribution in [2.45, 2.75) is 19.2 Å². The molecule has 0 radical (unpaired) electrons. The van der Waals surface area contributed by atoms with E-state index in [0.717, 1.165) is 37.5 Å². The van der Waals surface area contributed by atoms with Gasteiger partial charge in [0.2, 0.25) is 0 Å². The van der Waals surface area contributed by atoms with Crippen molar-refractivity contribution in [1.29, 1.82) is 0 Å². The molecule has 1 atom stereocenters. The van der Waals surface area contributed by atoms with Crippen LogP contribution in [0.3, 0.4) is 0 Å². The van der Waals surface area contributed by atoms with E-state index in [4.69, 9.17) is 4.74 Å². The summed E-state index contributed by atoms with van der Waals surface area (Å²) in [6.07, 6.45) is 7.40. The topological polar surface area (TPSA) is 50.3 Å². The van der Waals surface area contributed by atoms with E-state index in [9.17, 15) is 0 Å². The maximum Gasteiger partial charge on any atom is 0.119 e. The van der Waals surface area contributed by atoms with Crippen molar-refractivity contribution >= 4 is 0 Å². The van der Waals surface area contributed by atoms with Crippen molar-refractivity contribution < 1.29 is 4.74 Å². The predicted octanol–water partition coefficient (Wildman–Crippen LogP) is 3.20. The third-order valence-corrected chi connectivity index (χ3v) is 4.86. The van der Waals surface area contributed by atoms with E-state index in [2.05, 4.69) is 38.4 Å². The Morgan fingerprint density at radius 2 is 1.78 bits per heavy atom. The lowest BCUT2D eigenvalue weighted by Crippen LogP contribution is -2.45. The average Bonchev–Trinajstić information content (AvgIpc) is 2.75. The molecule has 1 N–H and O–H groups in total. The quantitative estimate of drug-likeness (QED) is 0.732. The van der Waals surface area contributed by atoms with Gasteiger partial charge in [0.15, 0.2) is 0 Å². The van der Waals surface area contributed by atoms with Crippen LogP contribution < -0.4 is 10.1 Å². The molecule has 0 spiro atoms. The van der Waals surface area contributed by atoms with E-state index in [0.29, 0.717) is 12.6 Å². The van der Waals surface area contributed by atoms with E-state index in [1.54, 1.807) is 6.20 Å². The molecule has 1 aliphatic rings. The van der Waals surface area contributed by atoms with Gasteiger partial charge in [0.1, 0.15) is 12.4 Å². The van der Waals surface area contributed by atoms with E-state index in [-0.39, 0.29) is 0 Å². The highest BCUT2D eigenvalue weighted by molar-refractivity contribution is 5.28. The van der Waals surface area contributed by atoms with Gasteiger partial charge in [0, 0.05) is 62.6 Å². The summed E-state index contributed by atoms with van der Waals surface area (Å²) in [5, 5.41) is 3.50. The number of ether oxygens (including phenoxy) is 1. The molecule has 2 aromatic heterocycles. The van der Waals surface area contributed by atoms with Gasteiger partial charge in [-0.15, -0.1) is 0 Å². The SMILES string of the molecule is c1cncc(COc2ccc(CN3CCNCC3c3cccnc3)cc2)c1. The van der Waals surface area contributed by atoms with Crippen LogP contribution in [0.1, 0.15) is 22.7 Å². The molecule has 0 saturated carbocycles. The monoisotopic (exact) mass is 360 g/mol. The summed E-state index contributed by atoms with van der Waals surface area (Å²) >= 11 is 0. The normalized spacial score (nSPS) is 17.6. The molecule has 138 valence electrons. The number of rotatable bonds is 6. The maximum atomic E-state index is 5.86. The van der Waals surface area contributed by atoms with E-state index in [1.165, 1.54) is 11.1 Å². The van der Waals surface area contributed by atoms with E-state index in [1.807, 2.05) is 48.9 Å². The number of hydrogen-bond acceptors (Lipinski definition) is 5. The molecule has 1 saturated heterocycles. The molecule has 0 aliphatic carbocycles. The van der Waals surface area contributed by atoms with Crippen LogP contribution in [0.2, 0.25) is 0 Å². The minimum Gasteiger partial charge on any atom is -0.489 e. The molecule has 3 aromatic rings. The van der Waals surface area contributed by atoms with Gasteiger partial charge in [-0.05, 0) is 35.4 Å². The first kappa shape index (κ1) is 17.6. The Morgan fingerprint density at radius 1 is 0.963 bits per heavy atom. The van der Waals surface area contributed by atoms with Crippen molar-refractivity contribution in [3.8, 4) is 5.75 Å². The number of piperazine rings is 1. The lowest BCUT2D eigenvalue weighted by atomic mass is 10.0. The molecule has 1 aliphatic heterocycles. The molecule has 1 fully saturated rings. The average molecular weight is 360 g/mol. The zero-order valence-electron chi connectivity index (χ0n) is 15.3. The van der Waals surface area contributed by atoms with E-state index >= 15 is 0 Å². The van der Waals surface area contributed by atoms with Gasteiger partial charge in [0.25, 0.3) is 0 Å². The summed E-state index contributed by atoms with van der Waals surface area (Å²) in [6.45, 7) is 4.46. The maximum absolute atomic E-state index is 5.86. The van der Waals surface area contributed by atoms with Crippen LogP contribution in [0.25, 0.3) is 0 Å². The van der Waals surface area contributed by atoms with Crippen molar-refractivity contribution in [1.82, 2.24) is 20.2 Å². The summed E-state index contributed by atoms with van der Waals surface area (Å²) in [7, 11) is 0. The number of nitrogens with zero attached hydrogens (tertiary/aromatic N) is 3. The van der Waals surface area contributed by atoms with Crippen LogP contribution in [0.5, 0.6) is 5.75 Å². The Kier molecular flexibility index (Phi) is 5.72. The Bertz CT molecular complexity index is 824. The van der Waals surface area contributed by atoms with Gasteiger partial charge in [-0.25, -0.2) is 0 Å². The number of nitrogens with one attached hydrogen (secondary N) is 1. The van der Waals surface area contributed by atoms with Gasteiger partial charge in [0.05, 0.1) is 0 Å². The molecule has 27 heavy (non-hydrogen) atoms. The molecule has 0 bridgehead atoms. The number of hydrogen-bond donors (Lipinski definition) is 1. The van der Waals surface area contributed by atoms with Crippen LogP contribution in [0.15, 0.2) is 73.3 Å². The van der Waals surface area contributed by atoms with Gasteiger partial charge in [-0.2, -0.15) is 0 Å². The highest BCUT2D eigenvalue weighted by Gasteiger charge is 2.23. The third kappa shape index (κ3) is 4.70. The van der Waals surface area contributed by atoms with Gasteiger partial charge < -0.3 is 10.1 Å². The number of pyridine rings is 2. The minimum atomic E-state index is 0.356. The van der Waals surface area contributed by atoms with Gasteiger partial charge in [-0.1, -0.05) is 24.3 Å². The summed E-state index contributed by atoms with van der Waals surface area (Å²) in [6, 6.07) is 16.9. The summed E-state index contributed by atoms with van der Waals surface area (Å²) in [4.78, 5) is 10.9. The summed E-state index contributed by atoms with van der Waals surface area (Å²) in [5.74, 6) is 0.881. The number of benzene rings is 1. The third-order valence-electron chi connectivity index (χ3n) is 4.86. The summed E-state index contributed by atoms with van der Waals surface area (Å²) in [5.41, 5.74) is 3.63. The second kappa shape index (κ2) is 8.75. The Hall–Kier alpha value is -2.76. The molecular formula is C22H24N4O. The van der Waals surface area contributed by atoms with Crippen molar-refractivity contribution in [3.63, 3.8) is 0 Å². The first-order valence-corrected chi connectivity index (χ1v) is 9.34. The Balaban J connectivity index is 1.38. The largest absolute Gasteiger partial charge is 0.489 e. The van der Waals surface area contributed by atoms with Crippen LogP contribution >= 0.6 is 0 Å². The lowest BCUT2D eigenvalue weighted by Gasteiger charge is -2.36. The molecule has 4 rings (SSSR count). The van der Waals surface area contributed by atoms with E-state index < -0.39 is 0 Å². The molecule has 3 heterocycles. The Labute approximate surface area is 160 Å². The van der Waals surface area contributed by atoms with Gasteiger partial charge >= 0.3 is 0 Å². The molecular weight excluding hydrogens is 336 g/mol. The second-order valence-corrected chi connectivity index (χ2v) is 6.77. The number of aromatic nitrogens is 2. The first-order valence-electron chi connectivity index (χ1n) is 9.34. The molecule has 0 amide bonds. The first-order chi connectivity index (χ1) is 13.4. The lowest BCUT2D eigenvalue weighted by molar-refractivity contribution is 0.153. The standard InChI is InChI=1S/C22H24N4O/c1-3-19(13-23-9-1)17-27-21-7-5-18(6-8-21)16-26-12-11-25-15-22(26)20-4-2-10-24-14-20/h1-10,13-14,22,25H,11-12,15-17H2. The fourth-order valence-corrected chi connectivity index (χ4v) is 3.41. The molecule has 5 nitrogen and oxygen atoms in total. The fraction of sp³-hybridized carbons (Fsp3) is 0.273. The summed E-state index contributed by atoms with van der Waals surface area (Å²) < 4.78 is 5.86. The van der Waals surface area contributed by atoms with Crippen LogP contribution in [-0.4, -0.2) is 34.5 Å². The van der Waals surface area contributed by atoms with Crippen molar-refractivity contribution in [3.05, 3.63) is 90.0 Å². The zero-order chi connectivity index (χ0) is 18.3. The van der Waals surface area contributed by atoms with Crippen molar-refractivity contribution in [2.24, 2.45) is 0 Å². The molecule has 5 heteroatoms. The zero-order valence-corrected chi connectivity index (χ0v) is 15.3. The molecule has 1 aromatic carbocycles. The fourth-order valence-electron chi connectivity index (χ4n) is 3.41. The van der Waals surface area contributed by atoms with Crippen LogP contribution in [-0.2, 0) is 13.2 Å².